The Morgan fingerprint density at radius 1 is 1.09 bits per heavy atom. The number of halogens is 3. The number of likely N-dealkylation sites (tertiary alicyclic amines) is 1. The summed E-state index contributed by atoms with van der Waals surface area (Å²) in [6.45, 7) is 3.36. The molecule has 16 heteroatoms. The molecule has 238 valence electrons. The molecule has 1 unspecified atom stereocenters. The number of rotatable bonds is 10. The van der Waals surface area contributed by atoms with Crippen LogP contribution in [-0.4, -0.2) is 82.4 Å². The molecule has 2 fully saturated rings. The first kappa shape index (κ1) is 30.1. The number of nitrogens with one attached hydrogen (secondary N) is 1. The summed E-state index contributed by atoms with van der Waals surface area (Å²) < 4.78 is 42.7. The maximum atomic E-state index is 14.6. The molecule has 1 amide bonds. The lowest BCUT2D eigenvalue weighted by atomic mass is 10.1. The summed E-state index contributed by atoms with van der Waals surface area (Å²) in [7, 11) is 0. The summed E-state index contributed by atoms with van der Waals surface area (Å²) in [6.07, 6.45) is 4.99. The fraction of sp³-hybridized carbons (Fsp3) is 0.367. The van der Waals surface area contributed by atoms with Crippen molar-refractivity contribution in [2.45, 2.75) is 51.0 Å². The third-order valence-electron chi connectivity index (χ3n) is 8.16. The minimum Gasteiger partial charge on any atom is -0.472 e. The van der Waals surface area contributed by atoms with Crippen LogP contribution in [-0.2, 0) is 24.2 Å². The number of carbonyl (C=O) groups is 1. The smallest absolute Gasteiger partial charge is 0.286 e. The molecule has 2 aliphatic rings. The summed E-state index contributed by atoms with van der Waals surface area (Å²) in [5.74, 6) is -0.613. The highest BCUT2D eigenvalue weighted by Gasteiger charge is 2.27. The van der Waals surface area contributed by atoms with Crippen LogP contribution in [0.1, 0.15) is 47.1 Å². The molecule has 6 heterocycles. The van der Waals surface area contributed by atoms with Gasteiger partial charge in [0.2, 0.25) is 11.6 Å². The molecule has 46 heavy (non-hydrogen) atoms. The molecule has 0 bridgehead atoms. The molecule has 5 aromatic rings. The van der Waals surface area contributed by atoms with Crippen LogP contribution in [0.25, 0.3) is 22.6 Å². The normalized spacial score (nSPS) is 17.3. The van der Waals surface area contributed by atoms with Crippen molar-refractivity contribution in [3.05, 3.63) is 76.4 Å². The SMILES string of the molecule is NC(=O)c1nnc(-c2cc3nc(CN4CCC(Oc5nc(Cc6ccc(Cl)cc6F)ncc5F)CC4)n(CC4CCO4)c3cn2)[nH]1. The van der Waals surface area contributed by atoms with Gasteiger partial charge in [-0.25, -0.2) is 14.4 Å². The highest BCUT2D eigenvalue weighted by molar-refractivity contribution is 6.30. The third-order valence-corrected chi connectivity index (χ3v) is 8.39. The zero-order valence-corrected chi connectivity index (χ0v) is 25.3. The average Bonchev–Trinajstić information content (AvgIpc) is 3.64. The van der Waals surface area contributed by atoms with Gasteiger partial charge in [0.25, 0.3) is 11.8 Å². The number of pyridine rings is 1. The van der Waals surface area contributed by atoms with Crippen LogP contribution >= 0.6 is 11.6 Å². The van der Waals surface area contributed by atoms with Crippen molar-refractivity contribution in [3.63, 3.8) is 0 Å². The molecule has 0 spiro atoms. The van der Waals surface area contributed by atoms with Crippen LogP contribution < -0.4 is 10.5 Å². The highest BCUT2D eigenvalue weighted by atomic mass is 35.5. The number of carbonyl (C=O) groups excluding carboxylic acids is 1. The minimum atomic E-state index is -0.709. The first-order chi connectivity index (χ1) is 22.3. The highest BCUT2D eigenvalue weighted by Crippen LogP contribution is 2.26. The Hall–Kier alpha value is -4.60. The summed E-state index contributed by atoms with van der Waals surface area (Å²) >= 11 is 5.85. The third kappa shape index (κ3) is 6.38. The van der Waals surface area contributed by atoms with Crippen molar-refractivity contribution in [1.82, 2.24) is 44.6 Å². The number of benzene rings is 1. The predicted octanol–water partition coefficient (Wildman–Crippen LogP) is 3.46. The van der Waals surface area contributed by atoms with E-state index in [1.807, 2.05) is 0 Å². The lowest BCUT2D eigenvalue weighted by molar-refractivity contribution is -0.0592. The van der Waals surface area contributed by atoms with E-state index in [0.29, 0.717) is 56.1 Å². The molecule has 2 saturated heterocycles. The molecule has 0 saturated carbocycles. The van der Waals surface area contributed by atoms with Gasteiger partial charge < -0.3 is 24.8 Å². The van der Waals surface area contributed by atoms with Crippen LogP contribution in [0.3, 0.4) is 0 Å². The number of piperidine rings is 1. The Morgan fingerprint density at radius 2 is 1.91 bits per heavy atom. The molecule has 2 aliphatic heterocycles. The predicted molar refractivity (Wildman–Crippen MR) is 161 cm³/mol. The van der Waals surface area contributed by atoms with E-state index in [-0.39, 0.29) is 41.2 Å². The Kier molecular flexibility index (Phi) is 8.27. The minimum absolute atomic E-state index is 0.0474. The van der Waals surface area contributed by atoms with Gasteiger partial charge in [-0.2, -0.15) is 9.37 Å². The van der Waals surface area contributed by atoms with E-state index in [4.69, 9.17) is 31.8 Å². The maximum Gasteiger partial charge on any atom is 0.286 e. The topological polar surface area (TPSA) is 163 Å². The molecule has 0 radical (unpaired) electrons. The molecular weight excluding hydrogens is 622 g/mol. The molecule has 1 aromatic carbocycles. The van der Waals surface area contributed by atoms with Gasteiger partial charge in [-0.1, -0.05) is 17.7 Å². The second-order valence-electron chi connectivity index (χ2n) is 11.3. The number of aromatic nitrogens is 8. The summed E-state index contributed by atoms with van der Waals surface area (Å²) in [5.41, 5.74) is 7.72. The number of aromatic amines is 1. The van der Waals surface area contributed by atoms with Gasteiger partial charge in [-0.05, 0) is 43.0 Å². The Labute approximate surface area is 266 Å². The maximum absolute atomic E-state index is 14.6. The summed E-state index contributed by atoms with van der Waals surface area (Å²) in [6, 6.07) is 6.16. The van der Waals surface area contributed by atoms with Gasteiger partial charge in [0.05, 0.1) is 42.6 Å². The van der Waals surface area contributed by atoms with Crippen LogP contribution in [0.15, 0.2) is 36.7 Å². The number of amides is 1. The van der Waals surface area contributed by atoms with Gasteiger partial charge in [0, 0.05) is 31.1 Å². The molecule has 1 atom stereocenters. The lowest BCUT2D eigenvalue weighted by Crippen LogP contribution is -2.39. The molecular formula is C30H29ClF2N10O3. The number of hydrogen-bond acceptors (Lipinski definition) is 10. The van der Waals surface area contributed by atoms with Crippen molar-refractivity contribution in [3.8, 4) is 17.4 Å². The molecule has 3 N–H and O–H groups in total. The van der Waals surface area contributed by atoms with Gasteiger partial charge in [-0.3, -0.25) is 14.7 Å². The number of hydrogen-bond donors (Lipinski definition) is 2. The largest absolute Gasteiger partial charge is 0.472 e. The standard InChI is InChI=1S/C30H29ClF2N10O3/c31-17-2-1-16(20(32)10-17)9-25-36-12-21(33)30(38-25)46-18-3-6-42(7-4-18)15-26-37-22-11-23(28-39-29(27(34)44)41-40-28)35-13-24(22)43(26)14-19-5-8-45-19/h1-2,10-13,18-19H,3-9,14-15H2,(H2,34,44)(H,39,40,41). The molecule has 0 aliphatic carbocycles. The number of H-pyrrole nitrogens is 1. The van der Waals surface area contributed by atoms with E-state index in [2.05, 4.69) is 39.6 Å². The van der Waals surface area contributed by atoms with E-state index < -0.39 is 17.5 Å². The number of nitrogens with zero attached hydrogens (tertiary/aromatic N) is 8. The molecule has 13 nitrogen and oxygen atoms in total. The average molecular weight is 651 g/mol. The van der Waals surface area contributed by atoms with E-state index in [1.54, 1.807) is 24.4 Å². The van der Waals surface area contributed by atoms with Gasteiger partial charge in [-0.15, -0.1) is 10.2 Å². The fourth-order valence-electron chi connectivity index (χ4n) is 5.58. The molecule has 4 aromatic heterocycles. The number of nitrogens with two attached hydrogens (primary N) is 1. The Bertz CT molecular complexity index is 1910. The van der Waals surface area contributed by atoms with Crippen LogP contribution in [0.4, 0.5) is 8.78 Å². The Balaban J connectivity index is 1.03. The monoisotopic (exact) mass is 650 g/mol. The number of fused-ring (bicyclic) bond motifs is 1. The number of imidazole rings is 1. The first-order valence-corrected chi connectivity index (χ1v) is 15.2. The number of primary amides is 1. The van der Waals surface area contributed by atoms with Gasteiger partial charge >= 0.3 is 0 Å². The van der Waals surface area contributed by atoms with E-state index in [1.165, 1.54) is 6.07 Å². The van der Waals surface area contributed by atoms with Crippen molar-refractivity contribution in [2.24, 2.45) is 5.73 Å². The van der Waals surface area contributed by atoms with Crippen LogP contribution in [0.2, 0.25) is 5.02 Å². The second-order valence-corrected chi connectivity index (χ2v) is 11.7. The van der Waals surface area contributed by atoms with Crippen molar-refractivity contribution >= 4 is 28.5 Å². The van der Waals surface area contributed by atoms with E-state index >= 15 is 0 Å². The lowest BCUT2D eigenvalue weighted by Gasteiger charge is -2.32. The quantitative estimate of drug-likeness (QED) is 0.229. The van der Waals surface area contributed by atoms with E-state index in [9.17, 15) is 13.6 Å². The van der Waals surface area contributed by atoms with Crippen molar-refractivity contribution in [2.75, 3.05) is 19.7 Å². The summed E-state index contributed by atoms with van der Waals surface area (Å²) in [5, 5.41) is 8.04. The molecule has 7 rings (SSSR count). The second kappa shape index (κ2) is 12.7. The van der Waals surface area contributed by atoms with E-state index in [0.717, 1.165) is 36.1 Å². The van der Waals surface area contributed by atoms with Crippen LogP contribution in [0.5, 0.6) is 5.88 Å². The van der Waals surface area contributed by atoms with Gasteiger partial charge in [0.15, 0.2) is 5.82 Å². The zero-order chi connectivity index (χ0) is 31.8. The Morgan fingerprint density at radius 3 is 2.63 bits per heavy atom. The summed E-state index contributed by atoms with van der Waals surface area (Å²) in [4.78, 5) is 34.2. The first-order valence-electron chi connectivity index (χ1n) is 14.8. The zero-order valence-electron chi connectivity index (χ0n) is 24.5. The fourth-order valence-corrected chi connectivity index (χ4v) is 5.74. The van der Waals surface area contributed by atoms with Crippen molar-refractivity contribution in [1.29, 1.82) is 0 Å². The number of ether oxygens (including phenoxy) is 2. The van der Waals surface area contributed by atoms with Crippen LogP contribution in [0, 0.1) is 11.6 Å². The van der Waals surface area contributed by atoms with Crippen molar-refractivity contribution < 1.29 is 23.0 Å². The van der Waals surface area contributed by atoms with Gasteiger partial charge in [0.1, 0.15) is 29.3 Å².